The van der Waals surface area contributed by atoms with Crippen LogP contribution in [0, 0.1) is 13.8 Å². The third-order valence-corrected chi connectivity index (χ3v) is 7.96. The molecule has 2 aromatic heterocycles. The van der Waals surface area contributed by atoms with E-state index >= 15 is 0 Å². The normalized spacial score (nSPS) is 11.0. The van der Waals surface area contributed by atoms with Crippen LogP contribution in [0.4, 0.5) is 5.13 Å². The van der Waals surface area contributed by atoms with E-state index in [2.05, 4.69) is 36.4 Å². The molecular formula is C24H23BrClN5O2S2. The second kappa shape index (κ2) is 11.6. The Balaban J connectivity index is 1.33. The molecule has 1 amide bonds. The minimum atomic E-state index is -0.151. The van der Waals surface area contributed by atoms with Crippen molar-refractivity contribution in [3.05, 3.63) is 68.2 Å². The van der Waals surface area contributed by atoms with Crippen molar-refractivity contribution >= 4 is 61.7 Å². The van der Waals surface area contributed by atoms with Crippen molar-refractivity contribution in [3.8, 4) is 17.0 Å². The van der Waals surface area contributed by atoms with Gasteiger partial charge in [0.05, 0.1) is 11.4 Å². The molecule has 0 fully saturated rings. The van der Waals surface area contributed by atoms with Gasteiger partial charge in [-0.3, -0.25) is 4.79 Å². The van der Waals surface area contributed by atoms with Gasteiger partial charge in [0.1, 0.15) is 12.4 Å². The van der Waals surface area contributed by atoms with E-state index in [-0.39, 0.29) is 18.3 Å². The molecule has 2 heterocycles. The molecule has 4 aromatic rings. The monoisotopic (exact) mass is 591 g/mol. The van der Waals surface area contributed by atoms with Gasteiger partial charge in [-0.15, -0.1) is 21.5 Å². The van der Waals surface area contributed by atoms with Crippen molar-refractivity contribution in [2.75, 3.05) is 11.1 Å². The Bertz CT molecular complexity index is 1320. The van der Waals surface area contributed by atoms with Gasteiger partial charge in [-0.25, -0.2) is 4.98 Å². The summed E-state index contributed by atoms with van der Waals surface area (Å²) in [6.45, 7) is 6.84. The smallest absolute Gasteiger partial charge is 0.236 e. The fourth-order valence-corrected chi connectivity index (χ4v) is 5.29. The quantitative estimate of drug-likeness (QED) is 0.216. The molecule has 0 bridgehead atoms. The molecule has 182 valence electrons. The van der Waals surface area contributed by atoms with Crippen LogP contribution in [0.1, 0.15) is 23.9 Å². The lowest BCUT2D eigenvalue weighted by molar-refractivity contribution is -0.113. The zero-order valence-corrected chi connectivity index (χ0v) is 23.3. The van der Waals surface area contributed by atoms with Gasteiger partial charge in [-0.1, -0.05) is 51.4 Å². The standard InChI is InChI=1S/C24H23BrClN5O2S2/c1-4-31-20(11-33-18-9-14(2)22(26)15(3)10-18)29-30-24(31)35-13-21(32)28-23-27-19(12-34-23)16-5-7-17(25)8-6-16/h5-10,12H,4,11,13H2,1-3H3,(H,27,28,32). The Labute approximate surface area is 225 Å². The number of ether oxygens (including phenoxy) is 1. The van der Waals surface area contributed by atoms with Crippen LogP contribution in [0.5, 0.6) is 5.75 Å². The highest BCUT2D eigenvalue weighted by molar-refractivity contribution is 9.10. The second-order valence-electron chi connectivity index (χ2n) is 7.68. The van der Waals surface area contributed by atoms with Gasteiger partial charge in [-0.05, 0) is 56.2 Å². The van der Waals surface area contributed by atoms with Gasteiger partial charge in [0.25, 0.3) is 0 Å². The maximum absolute atomic E-state index is 12.5. The molecule has 0 atom stereocenters. The van der Waals surface area contributed by atoms with Crippen LogP contribution >= 0.6 is 50.6 Å². The van der Waals surface area contributed by atoms with Crippen molar-refractivity contribution in [3.63, 3.8) is 0 Å². The molecule has 7 nitrogen and oxygen atoms in total. The number of hydrogen-bond donors (Lipinski definition) is 1. The first kappa shape index (κ1) is 25.7. The van der Waals surface area contributed by atoms with E-state index in [0.29, 0.717) is 22.7 Å². The highest BCUT2D eigenvalue weighted by atomic mass is 79.9. The topological polar surface area (TPSA) is 81.9 Å². The van der Waals surface area contributed by atoms with Gasteiger partial charge in [-0.2, -0.15) is 0 Å². The van der Waals surface area contributed by atoms with E-state index in [1.165, 1.54) is 23.1 Å². The lowest BCUT2D eigenvalue weighted by Crippen LogP contribution is -2.14. The van der Waals surface area contributed by atoms with Gasteiger partial charge < -0.3 is 14.6 Å². The molecule has 0 saturated heterocycles. The minimum Gasteiger partial charge on any atom is -0.486 e. The number of hydrogen-bond acceptors (Lipinski definition) is 7. The van der Waals surface area contributed by atoms with Crippen molar-refractivity contribution < 1.29 is 9.53 Å². The Hall–Kier alpha value is -2.40. The summed E-state index contributed by atoms with van der Waals surface area (Å²) in [5.74, 6) is 1.47. The highest BCUT2D eigenvalue weighted by Crippen LogP contribution is 2.28. The van der Waals surface area contributed by atoms with Crippen LogP contribution in [-0.4, -0.2) is 31.4 Å². The number of amides is 1. The molecule has 0 aliphatic rings. The summed E-state index contributed by atoms with van der Waals surface area (Å²) in [5, 5.41) is 15.3. The van der Waals surface area contributed by atoms with Gasteiger partial charge >= 0.3 is 0 Å². The van der Waals surface area contributed by atoms with Crippen LogP contribution in [0.25, 0.3) is 11.3 Å². The van der Waals surface area contributed by atoms with E-state index in [9.17, 15) is 4.79 Å². The molecule has 0 saturated carbocycles. The lowest BCUT2D eigenvalue weighted by Gasteiger charge is -2.11. The number of thioether (sulfide) groups is 1. The predicted octanol–water partition coefficient (Wildman–Crippen LogP) is 6.76. The van der Waals surface area contributed by atoms with E-state index in [0.717, 1.165) is 37.6 Å². The summed E-state index contributed by atoms with van der Waals surface area (Å²) in [6, 6.07) is 11.7. The van der Waals surface area contributed by atoms with Crippen molar-refractivity contribution in [2.45, 2.75) is 39.1 Å². The fraction of sp³-hybridized carbons (Fsp3) is 0.250. The predicted molar refractivity (Wildman–Crippen MR) is 146 cm³/mol. The Morgan fingerprint density at radius 1 is 1.20 bits per heavy atom. The average molecular weight is 593 g/mol. The number of nitrogens with zero attached hydrogens (tertiary/aromatic N) is 4. The number of anilines is 1. The molecule has 0 aliphatic carbocycles. The molecule has 0 radical (unpaired) electrons. The van der Waals surface area contributed by atoms with E-state index in [4.69, 9.17) is 16.3 Å². The number of carbonyl (C=O) groups is 1. The first-order chi connectivity index (χ1) is 16.8. The molecule has 0 aliphatic heterocycles. The molecular weight excluding hydrogens is 570 g/mol. The number of halogens is 2. The van der Waals surface area contributed by atoms with Crippen LogP contribution < -0.4 is 10.1 Å². The largest absolute Gasteiger partial charge is 0.486 e. The average Bonchev–Trinajstić information content (AvgIpc) is 3.46. The highest BCUT2D eigenvalue weighted by Gasteiger charge is 2.15. The van der Waals surface area contributed by atoms with Gasteiger partial charge in [0.2, 0.25) is 5.91 Å². The maximum Gasteiger partial charge on any atom is 0.236 e. The fourth-order valence-electron chi connectivity index (χ4n) is 3.36. The zero-order valence-electron chi connectivity index (χ0n) is 19.3. The lowest BCUT2D eigenvalue weighted by atomic mass is 10.1. The number of carbonyl (C=O) groups excluding carboxylic acids is 1. The Morgan fingerprint density at radius 3 is 2.60 bits per heavy atom. The van der Waals surface area contributed by atoms with Gasteiger partial charge in [0.15, 0.2) is 16.1 Å². The number of thiazole rings is 1. The molecule has 35 heavy (non-hydrogen) atoms. The SMILES string of the molecule is CCn1c(COc2cc(C)c(Cl)c(C)c2)nnc1SCC(=O)Nc1nc(-c2ccc(Br)cc2)cs1. The number of nitrogens with one attached hydrogen (secondary N) is 1. The summed E-state index contributed by atoms with van der Waals surface area (Å²) in [5.41, 5.74) is 3.75. The number of aryl methyl sites for hydroxylation is 2. The van der Waals surface area contributed by atoms with E-state index < -0.39 is 0 Å². The third kappa shape index (κ3) is 6.43. The molecule has 0 spiro atoms. The van der Waals surface area contributed by atoms with Crippen LogP contribution in [-0.2, 0) is 17.9 Å². The Kier molecular flexibility index (Phi) is 8.48. The van der Waals surface area contributed by atoms with Gasteiger partial charge in [0, 0.05) is 27.0 Å². The summed E-state index contributed by atoms with van der Waals surface area (Å²) in [4.78, 5) is 17.0. The van der Waals surface area contributed by atoms with Crippen LogP contribution in [0.15, 0.2) is 51.4 Å². The summed E-state index contributed by atoms with van der Waals surface area (Å²) >= 11 is 12.4. The number of aromatic nitrogens is 4. The molecule has 11 heteroatoms. The maximum atomic E-state index is 12.5. The van der Waals surface area contributed by atoms with Crippen LogP contribution in [0.2, 0.25) is 5.02 Å². The summed E-state index contributed by atoms with van der Waals surface area (Å²) in [6.07, 6.45) is 0. The number of rotatable bonds is 9. The van der Waals surface area contributed by atoms with Crippen molar-refractivity contribution in [1.29, 1.82) is 0 Å². The molecule has 0 unspecified atom stereocenters. The summed E-state index contributed by atoms with van der Waals surface area (Å²) < 4.78 is 8.89. The zero-order chi connectivity index (χ0) is 24.9. The molecule has 4 rings (SSSR count). The number of benzene rings is 2. The molecule has 2 aromatic carbocycles. The summed E-state index contributed by atoms with van der Waals surface area (Å²) in [7, 11) is 0. The van der Waals surface area contributed by atoms with Crippen molar-refractivity contribution in [2.24, 2.45) is 0 Å². The first-order valence-electron chi connectivity index (χ1n) is 10.8. The third-order valence-electron chi connectivity index (χ3n) is 5.11. The second-order valence-corrected chi connectivity index (χ2v) is 10.8. The first-order valence-corrected chi connectivity index (χ1v) is 13.8. The molecule has 1 N–H and O–H groups in total. The van der Waals surface area contributed by atoms with Crippen molar-refractivity contribution in [1.82, 2.24) is 19.7 Å². The Morgan fingerprint density at radius 2 is 1.91 bits per heavy atom. The van der Waals surface area contributed by atoms with Crippen LogP contribution in [0.3, 0.4) is 0 Å². The van der Waals surface area contributed by atoms with E-state index in [1.54, 1.807) is 0 Å². The van der Waals surface area contributed by atoms with E-state index in [1.807, 2.05) is 67.1 Å². The minimum absolute atomic E-state index is 0.151.